The maximum atomic E-state index is 6.20. The lowest BCUT2D eigenvalue weighted by Crippen LogP contribution is -2.36. The van der Waals surface area contributed by atoms with Crippen LogP contribution in [-0.2, 0) is 0 Å². The number of rotatable bonds is 4. The van der Waals surface area contributed by atoms with Gasteiger partial charge in [-0.15, -0.1) is 0 Å². The number of hydrogen-bond donors (Lipinski definition) is 1. The van der Waals surface area contributed by atoms with E-state index in [1.54, 1.807) is 6.07 Å². The van der Waals surface area contributed by atoms with Crippen molar-refractivity contribution in [3.8, 4) is 11.5 Å². The second-order valence-electron chi connectivity index (χ2n) is 5.41. The van der Waals surface area contributed by atoms with Gasteiger partial charge in [0.2, 0.25) is 0 Å². The molecule has 0 spiro atoms. The van der Waals surface area contributed by atoms with Crippen molar-refractivity contribution in [1.82, 2.24) is 15.0 Å². The zero-order valence-electron chi connectivity index (χ0n) is 11.8. The Labute approximate surface area is 129 Å². The highest BCUT2D eigenvalue weighted by molar-refractivity contribution is 6.33. The van der Waals surface area contributed by atoms with Crippen molar-refractivity contribution in [3.05, 3.63) is 35.1 Å². The Bertz CT molecular complexity index is 595. The molecule has 1 aromatic carbocycles. The highest BCUT2D eigenvalue weighted by atomic mass is 35.5. The molecule has 0 bridgehead atoms. The van der Waals surface area contributed by atoms with E-state index in [2.05, 4.69) is 15.0 Å². The molecule has 21 heavy (non-hydrogen) atoms. The lowest BCUT2D eigenvalue weighted by molar-refractivity contribution is 0.213. The fourth-order valence-corrected chi connectivity index (χ4v) is 2.85. The molecule has 1 atom stereocenters. The van der Waals surface area contributed by atoms with Gasteiger partial charge in [0, 0.05) is 6.54 Å². The maximum Gasteiger partial charge on any atom is 0.259 e. The van der Waals surface area contributed by atoms with Gasteiger partial charge in [0.05, 0.1) is 16.6 Å². The first-order valence-electron chi connectivity index (χ1n) is 7.30. The maximum absolute atomic E-state index is 6.20. The topological polar surface area (TPSA) is 68.2 Å². The van der Waals surface area contributed by atoms with Crippen LogP contribution < -0.4 is 5.73 Å². The van der Waals surface area contributed by atoms with Gasteiger partial charge in [-0.25, -0.2) is 0 Å². The zero-order chi connectivity index (χ0) is 14.7. The SMILES string of the molecule is NC(CN1CCCCC1)c1noc(-c2ccccc2Cl)n1. The summed E-state index contributed by atoms with van der Waals surface area (Å²) in [6.45, 7) is 2.97. The molecule has 1 aliphatic heterocycles. The summed E-state index contributed by atoms with van der Waals surface area (Å²) in [5.41, 5.74) is 6.93. The number of hydrogen-bond acceptors (Lipinski definition) is 5. The number of nitrogens with zero attached hydrogens (tertiary/aromatic N) is 3. The first kappa shape index (κ1) is 14.5. The van der Waals surface area contributed by atoms with Crippen molar-refractivity contribution in [3.63, 3.8) is 0 Å². The fourth-order valence-electron chi connectivity index (χ4n) is 2.63. The normalized spacial score (nSPS) is 17.8. The molecule has 5 nitrogen and oxygen atoms in total. The Morgan fingerprint density at radius 1 is 1.24 bits per heavy atom. The molecule has 3 rings (SSSR count). The Balaban J connectivity index is 1.71. The summed E-state index contributed by atoms with van der Waals surface area (Å²) < 4.78 is 5.30. The van der Waals surface area contributed by atoms with Crippen LogP contribution in [0.1, 0.15) is 31.1 Å². The summed E-state index contributed by atoms with van der Waals surface area (Å²) in [6.07, 6.45) is 3.79. The van der Waals surface area contributed by atoms with Crippen LogP contribution >= 0.6 is 11.6 Å². The van der Waals surface area contributed by atoms with E-state index in [-0.39, 0.29) is 6.04 Å². The van der Waals surface area contributed by atoms with E-state index >= 15 is 0 Å². The Morgan fingerprint density at radius 3 is 2.76 bits per heavy atom. The van der Waals surface area contributed by atoms with Gasteiger partial charge >= 0.3 is 0 Å². The summed E-state index contributed by atoms with van der Waals surface area (Å²) in [5, 5.41) is 4.60. The van der Waals surface area contributed by atoms with Gasteiger partial charge in [0.15, 0.2) is 5.82 Å². The van der Waals surface area contributed by atoms with Crippen molar-refractivity contribution < 1.29 is 4.52 Å². The van der Waals surface area contributed by atoms with Gasteiger partial charge in [0.1, 0.15) is 0 Å². The van der Waals surface area contributed by atoms with Crippen LogP contribution in [0.5, 0.6) is 0 Å². The van der Waals surface area contributed by atoms with E-state index in [4.69, 9.17) is 21.9 Å². The highest BCUT2D eigenvalue weighted by Crippen LogP contribution is 2.26. The monoisotopic (exact) mass is 306 g/mol. The van der Waals surface area contributed by atoms with Crippen LogP contribution in [0.15, 0.2) is 28.8 Å². The number of piperidine rings is 1. The van der Waals surface area contributed by atoms with Crippen molar-refractivity contribution in [1.29, 1.82) is 0 Å². The minimum atomic E-state index is -0.233. The molecule has 0 amide bonds. The van der Waals surface area contributed by atoms with Gasteiger partial charge in [-0.1, -0.05) is 35.3 Å². The largest absolute Gasteiger partial charge is 0.334 e. The van der Waals surface area contributed by atoms with E-state index in [0.29, 0.717) is 16.7 Å². The standard InChI is InChI=1S/C15H19ClN4O/c16-12-7-3-2-6-11(12)15-18-14(19-21-15)13(17)10-20-8-4-1-5-9-20/h2-3,6-7,13H,1,4-5,8-10,17H2. The first-order chi connectivity index (χ1) is 10.2. The minimum absolute atomic E-state index is 0.233. The summed E-state index contributed by atoms with van der Waals surface area (Å²) >= 11 is 6.14. The minimum Gasteiger partial charge on any atom is -0.334 e. The molecule has 0 radical (unpaired) electrons. The summed E-state index contributed by atoms with van der Waals surface area (Å²) in [4.78, 5) is 6.75. The molecule has 1 aliphatic rings. The molecule has 2 aromatic rings. The van der Waals surface area contributed by atoms with Crippen molar-refractivity contribution in [2.24, 2.45) is 5.73 Å². The lowest BCUT2D eigenvalue weighted by atomic mass is 10.1. The van der Waals surface area contributed by atoms with Gasteiger partial charge in [-0.3, -0.25) is 0 Å². The Morgan fingerprint density at radius 2 is 2.00 bits per heavy atom. The molecule has 6 heteroatoms. The molecule has 1 fully saturated rings. The van der Waals surface area contributed by atoms with Crippen molar-refractivity contribution >= 4 is 11.6 Å². The molecule has 0 saturated carbocycles. The van der Waals surface area contributed by atoms with Crippen LogP contribution in [0.3, 0.4) is 0 Å². The van der Waals surface area contributed by atoms with E-state index in [1.807, 2.05) is 18.2 Å². The molecule has 1 aromatic heterocycles. The average Bonchev–Trinajstić information content (AvgIpc) is 2.98. The van der Waals surface area contributed by atoms with E-state index in [1.165, 1.54) is 19.3 Å². The van der Waals surface area contributed by atoms with Crippen molar-refractivity contribution in [2.75, 3.05) is 19.6 Å². The summed E-state index contributed by atoms with van der Waals surface area (Å²) in [5.74, 6) is 0.959. The molecule has 2 N–H and O–H groups in total. The second-order valence-corrected chi connectivity index (χ2v) is 5.81. The smallest absolute Gasteiger partial charge is 0.259 e. The Kier molecular flexibility index (Phi) is 4.53. The van der Waals surface area contributed by atoms with Crippen LogP contribution in [0.4, 0.5) is 0 Å². The van der Waals surface area contributed by atoms with Crippen molar-refractivity contribution in [2.45, 2.75) is 25.3 Å². The van der Waals surface area contributed by atoms with Gasteiger partial charge in [-0.05, 0) is 38.1 Å². The summed E-state index contributed by atoms with van der Waals surface area (Å²) in [7, 11) is 0. The predicted octanol–water partition coefficient (Wildman–Crippen LogP) is 2.88. The predicted molar refractivity (Wildman–Crippen MR) is 82.0 cm³/mol. The van der Waals surface area contributed by atoms with Gasteiger partial charge in [0.25, 0.3) is 5.89 Å². The second kappa shape index (κ2) is 6.56. The van der Waals surface area contributed by atoms with Gasteiger partial charge in [-0.2, -0.15) is 4.98 Å². The number of likely N-dealkylation sites (tertiary alicyclic amines) is 1. The number of benzene rings is 1. The number of aromatic nitrogens is 2. The van der Waals surface area contributed by atoms with Crippen LogP contribution in [0, 0.1) is 0 Å². The van der Waals surface area contributed by atoms with Gasteiger partial charge < -0.3 is 15.2 Å². The third kappa shape index (κ3) is 3.43. The molecule has 1 saturated heterocycles. The van der Waals surface area contributed by atoms with E-state index in [9.17, 15) is 0 Å². The van der Waals surface area contributed by atoms with Crippen LogP contribution in [-0.4, -0.2) is 34.7 Å². The first-order valence-corrected chi connectivity index (χ1v) is 7.68. The number of halogens is 1. The summed E-state index contributed by atoms with van der Waals surface area (Å²) in [6, 6.07) is 7.18. The molecular weight excluding hydrogens is 288 g/mol. The average molecular weight is 307 g/mol. The molecule has 0 aliphatic carbocycles. The quantitative estimate of drug-likeness (QED) is 0.940. The fraction of sp³-hybridized carbons (Fsp3) is 0.467. The third-order valence-corrected chi connectivity index (χ3v) is 4.11. The third-order valence-electron chi connectivity index (χ3n) is 3.78. The molecule has 112 valence electrons. The zero-order valence-corrected chi connectivity index (χ0v) is 12.6. The highest BCUT2D eigenvalue weighted by Gasteiger charge is 2.20. The molecule has 1 unspecified atom stereocenters. The van der Waals surface area contributed by atoms with E-state index in [0.717, 1.165) is 25.2 Å². The van der Waals surface area contributed by atoms with Crippen LogP contribution in [0.2, 0.25) is 5.02 Å². The molecular formula is C15H19ClN4O. The van der Waals surface area contributed by atoms with Crippen LogP contribution in [0.25, 0.3) is 11.5 Å². The van der Waals surface area contributed by atoms with E-state index < -0.39 is 0 Å². The lowest BCUT2D eigenvalue weighted by Gasteiger charge is -2.27. The number of nitrogens with two attached hydrogens (primary N) is 1. The Hall–Kier alpha value is -1.43. The molecule has 2 heterocycles.